The predicted octanol–water partition coefficient (Wildman–Crippen LogP) is 1.58. The van der Waals surface area contributed by atoms with Crippen molar-refractivity contribution in [3.05, 3.63) is 35.4 Å². The third-order valence-corrected chi connectivity index (χ3v) is 5.61. The molecule has 1 fully saturated rings. The summed E-state index contributed by atoms with van der Waals surface area (Å²) in [6, 6.07) is 7.52. The lowest BCUT2D eigenvalue weighted by Crippen LogP contribution is -2.34. The molecule has 0 spiro atoms. The van der Waals surface area contributed by atoms with Crippen molar-refractivity contribution in [2.45, 2.75) is 11.9 Å². The second-order valence-corrected chi connectivity index (χ2v) is 7.45. The Morgan fingerprint density at radius 2 is 2.04 bits per heavy atom. The lowest BCUT2D eigenvalue weighted by atomic mass is 9.96. The Kier molecular flexibility index (Phi) is 4.87. The summed E-state index contributed by atoms with van der Waals surface area (Å²) in [5.41, 5.74) is 0.470. The Balaban J connectivity index is 2.24. The maximum absolute atomic E-state index is 12.9. The number of alkyl halides is 3. The fourth-order valence-corrected chi connectivity index (χ4v) is 4.17. The largest absolute Gasteiger partial charge is 0.481 e. The lowest BCUT2D eigenvalue weighted by Gasteiger charge is -2.18. The number of nitrogens with zero attached hydrogens (tertiary/aromatic N) is 2. The van der Waals surface area contributed by atoms with Crippen LogP contribution in [0, 0.1) is 23.2 Å². The summed E-state index contributed by atoms with van der Waals surface area (Å²) in [5, 5.41) is 17.7. The zero-order valence-electron chi connectivity index (χ0n) is 12.2. The summed E-state index contributed by atoms with van der Waals surface area (Å²) >= 11 is 0. The Bertz CT molecular complexity index is 786. The van der Waals surface area contributed by atoms with Gasteiger partial charge in [-0.05, 0) is 17.7 Å². The molecule has 0 bridgehead atoms. The molecule has 0 amide bonds. The van der Waals surface area contributed by atoms with Crippen molar-refractivity contribution in [3.8, 4) is 6.07 Å². The van der Waals surface area contributed by atoms with Crippen LogP contribution in [-0.2, 0) is 20.6 Å². The van der Waals surface area contributed by atoms with Gasteiger partial charge in [-0.15, -0.1) is 0 Å². The van der Waals surface area contributed by atoms with Crippen molar-refractivity contribution in [2.24, 2.45) is 11.8 Å². The highest BCUT2D eigenvalue weighted by Gasteiger charge is 2.54. The molecule has 0 saturated carbocycles. The summed E-state index contributed by atoms with van der Waals surface area (Å²) in [6.45, 7) is -1.64. The van der Waals surface area contributed by atoms with Gasteiger partial charge in [0.15, 0.2) is 0 Å². The van der Waals surface area contributed by atoms with Crippen molar-refractivity contribution in [2.75, 3.05) is 13.1 Å². The predicted molar refractivity (Wildman–Crippen MR) is 76.0 cm³/mol. The first-order valence-electron chi connectivity index (χ1n) is 6.81. The molecule has 1 heterocycles. The molecule has 2 atom stereocenters. The molecule has 1 aromatic rings. The molecule has 1 aromatic carbocycles. The molecular formula is C14H13F3N2O4S. The maximum Gasteiger partial charge on any atom is 0.393 e. The molecule has 130 valence electrons. The van der Waals surface area contributed by atoms with E-state index in [2.05, 4.69) is 0 Å². The second-order valence-electron chi connectivity index (χ2n) is 5.48. The van der Waals surface area contributed by atoms with E-state index in [1.165, 1.54) is 24.3 Å². The number of carboxylic acids is 1. The van der Waals surface area contributed by atoms with Gasteiger partial charge < -0.3 is 5.11 Å². The van der Waals surface area contributed by atoms with Crippen LogP contribution < -0.4 is 0 Å². The van der Waals surface area contributed by atoms with Crippen molar-refractivity contribution >= 4 is 16.0 Å². The molecule has 10 heteroatoms. The van der Waals surface area contributed by atoms with Crippen LogP contribution in [0.3, 0.4) is 0 Å². The Morgan fingerprint density at radius 1 is 1.38 bits per heavy atom. The number of aliphatic carboxylic acids is 1. The average molecular weight is 362 g/mol. The SMILES string of the molecule is N#Cc1cccc(CS(=O)(=O)N2C[C@@H](C(F)(F)F)[C@H](C(=O)O)C2)c1. The molecule has 0 radical (unpaired) electrons. The van der Waals surface area contributed by atoms with Crippen LogP contribution >= 0.6 is 0 Å². The number of halogens is 3. The summed E-state index contributed by atoms with van der Waals surface area (Å²) in [5.74, 6) is -6.35. The van der Waals surface area contributed by atoms with E-state index in [4.69, 9.17) is 10.4 Å². The monoisotopic (exact) mass is 362 g/mol. The van der Waals surface area contributed by atoms with E-state index in [1.54, 1.807) is 0 Å². The van der Waals surface area contributed by atoms with Crippen molar-refractivity contribution in [1.29, 1.82) is 5.26 Å². The van der Waals surface area contributed by atoms with Crippen LogP contribution in [0.2, 0.25) is 0 Å². The van der Waals surface area contributed by atoms with Crippen molar-refractivity contribution < 1.29 is 31.5 Å². The molecule has 1 aliphatic rings. The maximum atomic E-state index is 12.9. The van der Waals surface area contributed by atoms with Gasteiger partial charge in [-0.1, -0.05) is 12.1 Å². The molecule has 1 N–H and O–H groups in total. The first-order chi connectivity index (χ1) is 11.0. The first-order valence-corrected chi connectivity index (χ1v) is 8.42. The van der Waals surface area contributed by atoms with Crippen LogP contribution in [0.5, 0.6) is 0 Å². The third-order valence-electron chi connectivity index (χ3n) is 3.82. The molecule has 2 rings (SSSR count). The highest BCUT2D eigenvalue weighted by molar-refractivity contribution is 7.88. The minimum Gasteiger partial charge on any atom is -0.481 e. The van der Waals surface area contributed by atoms with Gasteiger partial charge in [0, 0.05) is 13.1 Å². The van der Waals surface area contributed by atoms with Gasteiger partial charge in [0.25, 0.3) is 0 Å². The topological polar surface area (TPSA) is 98.5 Å². The highest BCUT2D eigenvalue weighted by Crippen LogP contribution is 2.39. The van der Waals surface area contributed by atoms with Crippen LogP contribution in [0.4, 0.5) is 13.2 Å². The molecule has 1 saturated heterocycles. The van der Waals surface area contributed by atoms with E-state index >= 15 is 0 Å². The van der Waals surface area contributed by atoms with Gasteiger partial charge in [0.2, 0.25) is 10.0 Å². The standard InChI is InChI=1S/C14H13F3N2O4S/c15-14(16,17)12-7-19(6-11(12)13(20)21)24(22,23)8-10-3-1-2-9(4-10)5-18/h1-4,11-12H,6-8H2,(H,20,21)/t11-,12-/m1/s1. The number of carboxylic acid groups (broad SMARTS) is 1. The second kappa shape index (κ2) is 6.41. The molecule has 6 nitrogen and oxygen atoms in total. The Morgan fingerprint density at radius 3 is 2.54 bits per heavy atom. The van der Waals surface area contributed by atoms with Crippen LogP contribution in [-0.4, -0.2) is 43.1 Å². The third kappa shape index (κ3) is 3.85. The van der Waals surface area contributed by atoms with E-state index in [-0.39, 0.29) is 11.1 Å². The Hall–Kier alpha value is -2.12. The van der Waals surface area contributed by atoms with E-state index in [9.17, 15) is 26.4 Å². The van der Waals surface area contributed by atoms with E-state index in [0.717, 1.165) is 0 Å². The van der Waals surface area contributed by atoms with Crippen molar-refractivity contribution in [3.63, 3.8) is 0 Å². The zero-order chi connectivity index (χ0) is 18.1. The van der Waals surface area contributed by atoms with Gasteiger partial charge in [-0.25, -0.2) is 12.7 Å². The minimum atomic E-state index is -4.80. The molecule has 0 unspecified atom stereocenters. The molecule has 24 heavy (non-hydrogen) atoms. The fraction of sp³-hybridized carbons (Fsp3) is 0.429. The van der Waals surface area contributed by atoms with Gasteiger partial charge >= 0.3 is 12.1 Å². The number of benzene rings is 1. The summed E-state index contributed by atoms with van der Waals surface area (Å²) in [7, 11) is -4.14. The lowest BCUT2D eigenvalue weighted by molar-refractivity contribution is -0.187. The molecule has 0 aromatic heterocycles. The average Bonchev–Trinajstić information content (AvgIpc) is 2.93. The number of carbonyl (C=O) groups is 1. The van der Waals surface area contributed by atoms with Gasteiger partial charge in [-0.2, -0.15) is 18.4 Å². The molecular weight excluding hydrogens is 349 g/mol. The fourth-order valence-electron chi connectivity index (χ4n) is 2.61. The minimum absolute atomic E-state index is 0.223. The number of sulfonamides is 1. The quantitative estimate of drug-likeness (QED) is 0.877. The van der Waals surface area contributed by atoms with Crippen LogP contribution in [0.1, 0.15) is 11.1 Å². The smallest absolute Gasteiger partial charge is 0.393 e. The number of hydrogen-bond acceptors (Lipinski definition) is 4. The number of rotatable bonds is 4. The Labute approximate surface area is 136 Å². The summed E-state index contributed by atoms with van der Waals surface area (Å²) in [6.07, 6.45) is -4.80. The first kappa shape index (κ1) is 18.2. The van der Waals surface area contributed by atoms with Gasteiger partial charge in [-0.3, -0.25) is 4.79 Å². The normalized spacial score (nSPS) is 22.2. The van der Waals surface area contributed by atoms with E-state index in [1.807, 2.05) is 6.07 Å². The van der Waals surface area contributed by atoms with Gasteiger partial charge in [0.1, 0.15) is 0 Å². The van der Waals surface area contributed by atoms with Gasteiger partial charge in [0.05, 0.1) is 29.2 Å². The molecule has 1 aliphatic heterocycles. The number of nitriles is 1. The molecule has 0 aliphatic carbocycles. The van der Waals surface area contributed by atoms with E-state index < -0.39 is 52.8 Å². The zero-order valence-corrected chi connectivity index (χ0v) is 13.0. The number of hydrogen-bond donors (Lipinski definition) is 1. The van der Waals surface area contributed by atoms with Crippen LogP contribution in [0.15, 0.2) is 24.3 Å². The van der Waals surface area contributed by atoms with E-state index in [0.29, 0.717) is 4.31 Å². The summed E-state index contributed by atoms with van der Waals surface area (Å²) in [4.78, 5) is 11.0. The van der Waals surface area contributed by atoms with Crippen LogP contribution in [0.25, 0.3) is 0 Å². The summed E-state index contributed by atoms with van der Waals surface area (Å²) < 4.78 is 64.0. The highest BCUT2D eigenvalue weighted by atomic mass is 32.2. The van der Waals surface area contributed by atoms with Crippen molar-refractivity contribution in [1.82, 2.24) is 4.31 Å².